The summed E-state index contributed by atoms with van der Waals surface area (Å²) >= 11 is 26.7. The number of halogens is 4. The van der Waals surface area contributed by atoms with Crippen molar-refractivity contribution in [3.8, 4) is 26.6 Å². The van der Waals surface area contributed by atoms with Crippen LogP contribution in [-0.2, 0) is 41.7 Å². The molecule has 7 nitrogen and oxygen atoms in total. The van der Waals surface area contributed by atoms with Gasteiger partial charge in [-0.05, 0) is 102 Å². The summed E-state index contributed by atoms with van der Waals surface area (Å²) in [5, 5.41) is 3.70. The fraction of sp³-hybridized carbons (Fsp3) is 0.200. The molecule has 5 aromatic rings. The van der Waals surface area contributed by atoms with Gasteiger partial charge in [0.05, 0.1) is 58.2 Å². The number of thiophene rings is 2. The Morgan fingerprint density at radius 1 is 0.673 bits per heavy atom. The summed E-state index contributed by atoms with van der Waals surface area (Å²) in [6.45, 7) is 4.14. The van der Waals surface area contributed by atoms with Gasteiger partial charge in [-0.2, -0.15) is 0 Å². The highest BCUT2D eigenvalue weighted by atomic mass is 35.5. The lowest BCUT2D eigenvalue weighted by Crippen LogP contribution is -2.07. The van der Waals surface area contributed by atoms with Gasteiger partial charge in [-0.1, -0.05) is 58.5 Å². The van der Waals surface area contributed by atoms with Crippen molar-refractivity contribution in [2.75, 3.05) is 20.3 Å². The third kappa shape index (κ3) is 10.0. The zero-order valence-corrected chi connectivity index (χ0v) is 31.9. The smallest absolute Gasteiger partial charge is 0.310 e. The number of hydrogen-bond donors (Lipinski definition) is 0. The number of rotatable bonds is 11. The molecule has 0 unspecified atom stereocenters. The highest BCUT2D eigenvalue weighted by Crippen LogP contribution is 2.40. The number of methoxy groups -OCH3 is 1. The number of carbonyl (C=O) groups excluding carboxylic acids is 2. The van der Waals surface area contributed by atoms with Gasteiger partial charge in [-0.15, -0.1) is 22.7 Å². The van der Waals surface area contributed by atoms with Crippen LogP contribution in [-0.4, -0.2) is 40.7 Å². The van der Waals surface area contributed by atoms with Crippen LogP contribution in [0.3, 0.4) is 0 Å². The number of ether oxygens (including phenoxy) is 3. The van der Waals surface area contributed by atoms with E-state index in [9.17, 15) is 18.0 Å². The van der Waals surface area contributed by atoms with Crippen molar-refractivity contribution in [2.24, 2.45) is 0 Å². The first-order chi connectivity index (χ1) is 23.4. The summed E-state index contributed by atoms with van der Waals surface area (Å²) in [4.78, 5) is 25.4. The van der Waals surface area contributed by atoms with Crippen LogP contribution in [0.15, 0.2) is 87.3 Å². The van der Waals surface area contributed by atoms with E-state index in [4.69, 9.17) is 60.6 Å². The first-order valence-corrected chi connectivity index (χ1v) is 19.4. The second-order valence-electron chi connectivity index (χ2n) is 10.1. The highest BCUT2D eigenvalue weighted by molar-refractivity contribution is 7.93. The van der Waals surface area contributed by atoms with Gasteiger partial charge in [0.15, 0.2) is 0 Å². The van der Waals surface area contributed by atoms with Gasteiger partial charge < -0.3 is 14.2 Å². The Bertz CT molecular complexity index is 2040. The molecular formula is C35H30Cl4O7S3. The Morgan fingerprint density at radius 3 is 1.71 bits per heavy atom. The van der Waals surface area contributed by atoms with Gasteiger partial charge in [0.1, 0.15) is 9.96 Å². The number of esters is 2. The van der Waals surface area contributed by atoms with E-state index >= 15 is 0 Å². The van der Waals surface area contributed by atoms with Crippen LogP contribution in [0.25, 0.3) is 20.9 Å². The average Bonchev–Trinajstić information content (AvgIpc) is 3.72. The number of carbonyl (C=O) groups is 2. The fourth-order valence-corrected chi connectivity index (χ4v) is 8.95. The maximum Gasteiger partial charge on any atom is 0.310 e. The number of benzene rings is 3. The first-order valence-electron chi connectivity index (χ1n) is 14.7. The van der Waals surface area contributed by atoms with Crippen LogP contribution in [0.1, 0.15) is 25.0 Å². The molecule has 0 radical (unpaired) electrons. The Kier molecular flexibility index (Phi) is 14.0. The molecule has 2 heterocycles. The van der Waals surface area contributed by atoms with Crippen molar-refractivity contribution in [1.29, 1.82) is 0 Å². The Morgan fingerprint density at radius 2 is 1.20 bits per heavy atom. The Labute approximate surface area is 313 Å². The monoisotopic (exact) mass is 798 g/mol. The predicted molar refractivity (Wildman–Crippen MR) is 199 cm³/mol. The Balaban J connectivity index is 0.000000244. The lowest BCUT2D eigenvalue weighted by molar-refractivity contribution is -0.143. The van der Waals surface area contributed by atoms with E-state index in [-0.39, 0.29) is 34.5 Å². The summed E-state index contributed by atoms with van der Waals surface area (Å²) in [6.07, 6.45) is 0.213. The maximum atomic E-state index is 13.2. The molecule has 0 amide bonds. The van der Waals surface area contributed by atoms with Gasteiger partial charge in [0.2, 0.25) is 9.84 Å². The summed E-state index contributed by atoms with van der Waals surface area (Å²) in [5.74, 6) is -0.105. The molecule has 0 aliphatic rings. The van der Waals surface area contributed by atoms with E-state index in [0.29, 0.717) is 48.5 Å². The van der Waals surface area contributed by atoms with E-state index in [1.807, 2.05) is 23.6 Å². The van der Waals surface area contributed by atoms with Crippen LogP contribution < -0.4 is 4.74 Å². The van der Waals surface area contributed by atoms with Crippen molar-refractivity contribution >= 4 is 90.9 Å². The van der Waals surface area contributed by atoms with Crippen molar-refractivity contribution < 1.29 is 32.2 Å². The summed E-state index contributed by atoms with van der Waals surface area (Å²) < 4.78 is 41.6. The molecule has 0 bridgehead atoms. The van der Waals surface area contributed by atoms with E-state index in [1.165, 1.54) is 25.3 Å². The van der Waals surface area contributed by atoms with Crippen LogP contribution in [0.2, 0.25) is 20.1 Å². The van der Waals surface area contributed by atoms with Crippen LogP contribution in [0.4, 0.5) is 0 Å². The molecule has 0 saturated carbocycles. The number of hydrogen-bond acceptors (Lipinski definition) is 9. The maximum absolute atomic E-state index is 13.2. The molecule has 49 heavy (non-hydrogen) atoms. The molecule has 258 valence electrons. The predicted octanol–water partition coefficient (Wildman–Crippen LogP) is 10.5. The fourth-order valence-electron chi connectivity index (χ4n) is 4.52. The van der Waals surface area contributed by atoms with Crippen molar-refractivity contribution in [3.63, 3.8) is 0 Å². The van der Waals surface area contributed by atoms with Crippen molar-refractivity contribution in [3.05, 3.63) is 109 Å². The lowest BCUT2D eigenvalue weighted by atomic mass is 10.1. The standard InChI is InChI=1S/C21H18Cl2O5S2.C14H12Cl2O2S/c1-3-28-19(24)11-14-12-20(29-21(14)13-4-9-17(22)18(23)10-13)30(25,26)16-7-5-15(27-2)6-8-16;1-2-18-13(17)8-10-5-6-19-14(10)9-3-4-11(15)12(16)7-9/h4-10,12H,3,11H2,1-2H3;3-7H,2,8H2,1H3. The van der Waals surface area contributed by atoms with Crippen LogP contribution in [0, 0.1) is 0 Å². The minimum atomic E-state index is -3.79. The summed E-state index contributed by atoms with van der Waals surface area (Å²) in [5.41, 5.74) is 3.12. The van der Waals surface area contributed by atoms with Crippen molar-refractivity contribution in [1.82, 2.24) is 0 Å². The van der Waals surface area contributed by atoms with Crippen LogP contribution >= 0.6 is 69.1 Å². The van der Waals surface area contributed by atoms with Gasteiger partial charge in [0.25, 0.3) is 0 Å². The second kappa shape index (κ2) is 17.7. The molecule has 0 aliphatic carbocycles. The van der Waals surface area contributed by atoms with Crippen LogP contribution in [0.5, 0.6) is 5.75 Å². The molecule has 14 heteroatoms. The molecule has 0 spiro atoms. The quantitative estimate of drug-likeness (QED) is 0.123. The van der Waals surface area contributed by atoms with E-state index in [2.05, 4.69) is 0 Å². The van der Waals surface area contributed by atoms with Crippen molar-refractivity contribution in [2.45, 2.75) is 35.8 Å². The molecule has 0 atom stereocenters. The Hall–Kier alpha value is -3.09. The molecule has 2 aromatic heterocycles. The topological polar surface area (TPSA) is 96.0 Å². The van der Waals surface area contributed by atoms with E-state index in [1.54, 1.807) is 61.6 Å². The highest BCUT2D eigenvalue weighted by Gasteiger charge is 2.25. The zero-order valence-electron chi connectivity index (χ0n) is 26.4. The minimum Gasteiger partial charge on any atom is -0.497 e. The van der Waals surface area contributed by atoms with E-state index < -0.39 is 15.8 Å². The normalized spacial score (nSPS) is 11.0. The number of sulfone groups is 1. The average molecular weight is 801 g/mol. The van der Waals surface area contributed by atoms with Gasteiger partial charge in [0, 0.05) is 9.75 Å². The zero-order chi connectivity index (χ0) is 35.7. The SMILES string of the molecule is CCOC(=O)Cc1cc(S(=O)(=O)c2ccc(OC)cc2)sc1-c1ccc(Cl)c(Cl)c1.CCOC(=O)Cc1ccsc1-c1ccc(Cl)c(Cl)c1. The van der Waals surface area contributed by atoms with Gasteiger partial charge >= 0.3 is 11.9 Å². The molecule has 0 fully saturated rings. The first kappa shape index (κ1) is 38.7. The third-order valence-electron chi connectivity index (χ3n) is 6.81. The summed E-state index contributed by atoms with van der Waals surface area (Å²) in [6, 6.07) is 20.1. The molecule has 0 N–H and O–H groups in total. The molecule has 3 aromatic carbocycles. The van der Waals surface area contributed by atoms with Gasteiger partial charge in [-0.25, -0.2) is 8.42 Å². The minimum absolute atomic E-state index is 0.0575. The molecular weight excluding hydrogens is 770 g/mol. The van der Waals surface area contributed by atoms with E-state index in [0.717, 1.165) is 27.3 Å². The largest absolute Gasteiger partial charge is 0.497 e. The third-order valence-corrected chi connectivity index (χ3v) is 12.8. The second-order valence-corrected chi connectivity index (χ2v) is 15.9. The molecule has 0 saturated heterocycles. The summed E-state index contributed by atoms with van der Waals surface area (Å²) in [7, 11) is -2.28. The molecule has 5 rings (SSSR count). The molecule has 0 aliphatic heterocycles. The van der Waals surface area contributed by atoms with Gasteiger partial charge in [-0.3, -0.25) is 9.59 Å². The lowest BCUT2D eigenvalue weighted by Gasteiger charge is -2.05.